The van der Waals surface area contributed by atoms with Gasteiger partial charge in [0.05, 0.1) is 17.2 Å². The third kappa shape index (κ3) is 5.08. The van der Waals surface area contributed by atoms with E-state index in [4.69, 9.17) is 16.5 Å². The van der Waals surface area contributed by atoms with Crippen LogP contribution in [0.25, 0.3) is 6.08 Å². The lowest BCUT2D eigenvalue weighted by Crippen LogP contribution is -2.72. The van der Waals surface area contributed by atoms with Crippen molar-refractivity contribution in [1.29, 1.82) is 0 Å². The van der Waals surface area contributed by atoms with E-state index in [9.17, 15) is 30.0 Å². The van der Waals surface area contributed by atoms with E-state index >= 15 is 4.79 Å². The second-order valence-electron chi connectivity index (χ2n) is 21.6. The predicted molar refractivity (Wildman–Crippen MR) is 240 cm³/mol. The van der Waals surface area contributed by atoms with Gasteiger partial charge >= 0.3 is 5.97 Å². The van der Waals surface area contributed by atoms with Crippen molar-refractivity contribution in [2.45, 2.75) is 134 Å². The summed E-state index contributed by atoms with van der Waals surface area (Å²) in [5, 5.41) is 51.4. The Balaban J connectivity index is 1.31. The maximum Gasteiger partial charge on any atom is 0.331 e. The first-order chi connectivity index (χ1) is 29.8. The van der Waals surface area contributed by atoms with E-state index in [1.807, 2.05) is 55.5 Å². The molecule has 9 aliphatic rings. The van der Waals surface area contributed by atoms with Crippen molar-refractivity contribution in [3.05, 3.63) is 88.6 Å². The lowest BCUT2D eigenvalue weighted by Gasteiger charge is -2.71. The van der Waals surface area contributed by atoms with Crippen LogP contribution in [0.1, 0.15) is 117 Å². The lowest BCUT2D eigenvalue weighted by molar-refractivity contribution is -0.183. The summed E-state index contributed by atoms with van der Waals surface area (Å²) in [6.45, 7) is 7.78. The number of benzene rings is 1. The molecule has 4 bridgehead atoms. The summed E-state index contributed by atoms with van der Waals surface area (Å²) in [6, 6.07) is 9.94. The normalized spacial score (nSPS) is 46.7. The highest BCUT2D eigenvalue weighted by Gasteiger charge is 2.86. The summed E-state index contributed by atoms with van der Waals surface area (Å²) in [6.07, 6.45) is 17.1. The van der Waals surface area contributed by atoms with E-state index in [0.29, 0.717) is 48.8 Å². The van der Waals surface area contributed by atoms with Gasteiger partial charge in [0, 0.05) is 75.7 Å². The van der Waals surface area contributed by atoms with Gasteiger partial charge in [0.25, 0.3) is 0 Å². The predicted octanol–water partition coefficient (Wildman–Crippen LogP) is 6.75. The first kappa shape index (κ1) is 42.4. The highest BCUT2D eigenvalue weighted by atomic mass is 16.4. The van der Waals surface area contributed by atoms with Crippen molar-refractivity contribution in [1.82, 2.24) is 0 Å². The first-order valence-corrected chi connectivity index (χ1v) is 23.4. The lowest BCUT2D eigenvalue weighted by atomic mass is 9.32. The van der Waals surface area contributed by atoms with Gasteiger partial charge in [0.1, 0.15) is 11.4 Å². The number of hydrogen-bond acceptors (Lipinski definition) is 7. The molecule has 0 aromatic heterocycles. The number of carbonyl (C=O) groups is 3. The van der Waals surface area contributed by atoms with Crippen LogP contribution < -0.4 is 11.5 Å². The molecule has 9 aliphatic carbocycles. The number of carbonyl (C=O) groups excluding carboxylic acids is 2. The molecule has 13 atom stereocenters. The van der Waals surface area contributed by atoms with Crippen LogP contribution in [0.4, 0.5) is 0 Å². The number of aliphatic hydroxyl groups is 3. The zero-order valence-electron chi connectivity index (χ0n) is 37.1. The number of aliphatic hydroxyl groups excluding tert-OH is 1. The Morgan fingerprint density at radius 3 is 2.37 bits per heavy atom. The molecular formula is C53H63N3O7. The number of nitrogens with two attached hydrogens (primary N) is 2. The summed E-state index contributed by atoms with van der Waals surface area (Å²) in [5.74, 6) is 3.42. The van der Waals surface area contributed by atoms with Crippen LogP contribution in [-0.2, 0) is 14.4 Å². The van der Waals surface area contributed by atoms with Crippen molar-refractivity contribution in [2.75, 3.05) is 0 Å². The monoisotopic (exact) mass is 853 g/mol. The molecule has 4 fully saturated rings. The number of Topliss-reactive ketones (excluding diaryl/α,β-unsaturated/α-hetero) is 2. The maximum atomic E-state index is 16.2. The largest absolute Gasteiger partial charge is 0.478 e. The van der Waals surface area contributed by atoms with Crippen LogP contribution in [0.2, 0.25) is 0 Å². The number of hydrogen-bond donors (Lipinski definition) is 6. The van der Waals surface area contributed by atoms with Crippen LogP contribution in [0.15, 0.2) is 88.0 Å². The Morgan fingerprint density at radius 1 is 0.937 bits per heavy atom. The topological polar surface area (TPSA) is 197 Å². The number of aliphatic carboxylic acids is 1. The van der Waals surface area contributed by atoms with Crippen molar-refractivity contribution in [3.8, 4) is 11.8 Å². The van der Waals surface area contributed by atoms with Gasteiger partial charge in [-0.05, 0) is 92.4 Å². The third-order valence-electron chi connectivity index (χ3n) is 19.4. The Bertz CT molecular complexity index is 2460. The van der Waals surface area contributed by atoms with Gasteiger partial charge < -0.3 is 31.9 Å². The fourth-order valence-electron chi connectivity index (χ4n) is 17.2. The smallest absolute Gasteiger partial charge is 0.331 e. The molecule has 10 nitrogen and oxygen atoms in total. The number of allylic oxidation sites excluding steroid dienone is 2. The van der Waals surface area contributed by atoms with E-state index in [1.54, 1.807) is 6.08 Å². The first-order valence-electron chi connectivity index (χ1n) is 23.4. The van der Waals surface area contributed by atoms with Crippen molar-refractivity contribution < 1.29 is 34.8 Å². The van der Waals surface area contributed by atoms with Crippen LogP contribution in [0.5, 0.6) is 0 Å². The maximum absolute atomic E-state index is 16.2. The van der Waals surface area contributed by atoms with Gasteiger partial charge in [0.15, 0.2) is 11.7 Å². The Morgan fingerprint density at radius 2 is 1.67 bits per heavy atom. The minimum atomic E-state index is -1.76. The van der Waals surface area contributed by atoms with Gasteiger partial charge in [-0.3, -0.25) is 9.59 Å². The second kappa shape index (κ2) is 13.7. The van der Waals surface area contributed by atoms with Gasteiger partial charge in [-0.15, -0.1) is 11.8 Å². The molecule has 1 aromatic carbocycles. The fraction of sp³-hybridized carbons (Fsp3) is 0.585. The SMILES string of the molecule is C/C(C(=O)O)=C1/CC[C@]2(N=C(N)N)C=C[C@@]3(C[C@@]4(O)C=C[C@]5(O)C6=C7C(=O)C[C@@]3(C3CCCC3)[C@]64CCC#CC[C@]3(C)C(=O)CC[C@@]7(C)[C@@H]3[C@@H]5/C=C/c3ccccc3)[C@H](C)[C@@H]2[C@@H]1O. The third-order valence-corrected chi connectivity index (χ3v) is 19.4. The van der Waals surface area contributed by atoms with Crippen LogP contribution in [-0.4, -0.2) is 66.8 Å². The summed E-state index contributed by atoms with van der Waals surface area (Å²) in [5.41, 5.74) is 5.73. The zero-order valence-corrected chi connectivity index (χ0v) is 37.1. The molecule has 0 saturated heterocycles. The van der Waals surface area contributed by atoms with Gasteiger partial charge in [0.2, 0.25) is 0 Å². The van der Waals surface area contributed by atoms with E-state index in [1.165, 1.54) is 6.92 Å². The van der Waals surface area contributed by atoms with Crippen LogP contribution >= 0.6 is 0 Å². The molecule has 0 amide bonds. The number of fused-ring (bicyclic) bond motifs is 3. The number of rotatable bonds is 5. The molecule has 4 saturated carbocycles. The summed E-state index contributed by atoms with van der Waals surface area (Å²) < 4.78 is 0. The van der Waals surface area contributed by atoms with Crippen molar-refractivity contribution in [2.24, 2.45) is 73.1 Å². The fourth-order valence-corrected chi connectivity index (χ4v) is 17.2. The Hall–Kier alpha value is -4.56. The molecule has 8 N–H and O–H groups in total. The molecule has 10 rings (SSSR count). The Kier molecular flexibility index (Phi) is 9.24. The Labute approximate surface area is 370 Å². The molecule has 10 heteroatoms. The molecular weight excluding hydrogens is 791 g/mol. The molecule has 1 aromatic rings. The van der Waals surface area contributed by atoms with Crippen LogP contribution in [0.3, 0.4) is 0 Å². The van der Waals surface area contributed by atoms with Gasteiger partial charge in [-0.25, -0.2) is 9.79 Å². The van der Waals surface area contributed by atoms with E-state index in [-0.39, 0.29) is 54.7 Å². The summed E-state index contributed by atoms with van der Waals surface area (Å²) >= 11 is 0. The molecule has 332 valence electrons. The average Bonchev–Trinajstić information content (AvgIpc) is 3.84. The number of carboxylic acids is 1. The van der Waals surface area contributed by atoms with Crippen LogP contribution in [0, 0.1) is 68.5 Å². The quantitative estimate of drug-likeness (QED) is 0.0610. The van der Waals surface area contributed by atoms with E-state index < -0.39 is 79.6 Å². The highest BCUT2D eigenvalue weighted by Crippen LogP contribution is 2.86. The average molecular weight is 854 g/mol. The molecule has 0 heterocycles. The standard InChI is InChI=1S/C53H63N3O7/c1-31(44(60)61)35-19-24-49(56-45(54)55)26-25-48(32(2)39(49)41(35)59)30-50(62)27-28-51(63)36(18-17-33-13-7-5-8-14-33)42-46(3)21-11-6-12-22-52(50)43(51)40(47(42,4)23-20-38(46)58)37(57)29-53(48,52)34-15-9-10-16-34/h5,7-8,13-14,17-18,25-28,32,34,36,39,41-42,59,62-63H,9-10,12,15-16,19-24,29-30H2,1-4H3,(H,60,61)(H4,54,55,56)/b18-17+,35-31+/t32-,36+,39-,41-,42-,46-,47-,48-,49+,50+,51-,52-,53+/m1/s1. The number of aliphatic imine (C=N–C) groups is 1. The minimum absolute atomic E-state index is 0.0344. The second-order valence-corrected chi connectivity index (χ2v) is 21.6. The van der Waals surface area contributed by atoms with Crippen molar-refractivity contribution >= 4 is 29.6 Å². The van der Waals surface area contributed by atoms with E-state index in [0.717, 1.165) is 31.2 Å². The van der Waals surface area contributed by atoms with Crippen molar-refractivity contribution in [3.63, 3.8) is 0 Å². The van der Waals surface area contributed by atoms with Gasteiger partial charge in [-0.2, -0.15) is 0 Å². The summed E-state index contributed by atoms with van der Waals surface area (Å²) in [7, 11) is 0. The number of nitrogens with zero attached hydrogens (tertiary/aromatic N) is 1. The minimum Gasteiger partial charge on any atom is -0.478 e. The zero-order chi connectivity index (χ0) is 44.8. The number of guanidine groups is 1. The number of carboxylic acid groups (broad SMARTS) is 1. The molecule has 0 aliphatic heterocycles. The van der Waals surface area contributed by atoms with E-state index in [2.05, 4.69) is 37.8 Å². The van der Waals surface area contributed by atoms with Gasteiger partial charge in [-0.1, -0.05) is 94.3 Å². The molecule has 0 unspecified atom stereocenters. The molecule has 63 heavy (non-hydrogen) atoms. The summed E-state index contributed by atoms with van der Waals surface area (Å²) in [4.78, 5) is 48.1. The number of ketones is 2. The highest BCUT2D eigenvalue weighted by molar-refractivity contribution is 6.02. The molecule has 2 spiro atoms. The molecule has 0 radical (unpaired) electrons.